The SMILES string of the molecule is O=C(CC[C@@H]1COc2ccccc2O1)Nc1nncs1. The van der Waals surface area contributed by atoms with Gasteiger partial charge in [0, 0.05) is 6.42 Å². The summed E-state index contributed by atoms with van der Waals surface area (Å²) in [7, 11) is 0. The molecule has 7 heteroatoms. The lowest BCUT2D eigenvalue weighted by molar-refractivity contribution is -0.116. The Morgan fingerprint density at radius 2 is 2.25 bits per heavy atom. The maximum atomic E-state index is 11.7. The second kappa shape index (κ2) is 5.87. The zero-order valence-electron chi connectivity index (χ0n) is 10.6. The third kappa shape index (κ3) is 3.05. The van der Waals surface area contributed by atoms with Gasteiger partial charge in [0.1, 0.15) is 18.2 Å². The maximum absolute atomic E-state index is 11.7. The smallest absolute Gasteiger partial charge is 0.226 e. The summed E-state index contributed by atoms with van der Waals surface area (Å²) in [5.74, 6) is 1.39. The summed E-state index contributed by atoms with van der Waals surface area (Å²) in [5.41, 5.74) is 1.57. The van der Waals surface area contributed by atoms with E-state index in [2.05, 4.69) is 15.5 Å². The Bertz CT molecular complexity index is 588. The van der Waals surface area contributed by atoms with Gasteiger partial charge in [0.2, 0.25) is 11.0 Å². The number of para-hydroxylation sites is 2. The van der Waals surface area contributed by atoms with Crippen LogP contribution in [-0.4, -0.2) is 28.8 Å². The Hall–Kier alpha value is -2.15. The van der Waals surface area contributed by atoms with Crippen molar-refractivity contribution in [2.45, 2.75) is 18.9 Å². The fourth-order valence-electron chi connectivity index (χ4n) is 1.91. The highest BCUT2D eigenvalue weighted by atomic mass is 32.1. The molecule has 0 aliphatic carbocycles. The van der Waals surface area contributed by atoms with Crippen LogP contribution in [0.3, 0.4) is 0 Å². The van der Waals surface area contributed by atoms with E-state index in [1.54, 1.807) is 5.51 Å². The molecular weight excluding hydrogens is 278 g/mol. The summed E-state index contributed by atoms with van der Waals surface area (Å²) in [6.07, 6.45) is 0.847. The highest BCUT2D eigenvalue weighted by molar-refractivity contribution is 7.13. The lowest BCUT2D eigenvalue weighted by Gasteiger charge is -2.26. The van der Waals surface area contributed by atoms with E-state index in [1.165, 1.54) is 11.3 Å². The van der Waals surface area contributed by atoms with Gasteiger partial charge in [0.15, 0.2) is 11.5 Å². The van der Waals surface area contributed by atoms with Crippen molar-refractivity contribution in [2.24, 2.45) is 0 Å². The van der Waals surface area contributed by atoms with Gasteiger partial charge in [-0.2, -0.15) is 0 Å². The lowest BCUT2D eigenvalue weighted by Crippen LogP contribution is -2.30. The van der Waals surface area contributed by atoms with Gasteiger partial charge in [-0.05, 0) is 18.6 Å². The number of aromatic nitrogens is 2. The Kier molecular flexibility index (Phi) is 3.78. The maximum Gasteiger partial charge on any atom is 0.226 e. The molecule has 0 fully saturated rings. The third-order valence-corrected chi connectivity index (χ3v) is 3.47. The number of hydrogen-bond donors (Lipinski definition) is 1. The minimum Gasteiger partial charge on any atom is -0.486 e. The van der Waals surface area contributed by atoms with E-state index >= 15 is 0 Å². The van der Waals surface area contributed by atoms with Gasteiger partial charge < -0.3 is 14.8 Å². The van der Waals surface area contributed by atoms with Gasteiger partial charge in [-0.3, -0.25) is 4.79 Å². The van der Waals surface area contributed by atoms with Crippen LogP contribution >= 0.6 is 11.3 Å². The topological polar surface area (TPSA) is 73.3 Å². The first-order chi connectivity index (χ1) is 9.81. The molecule has 1 amide bonds. The van der Waals surface area contributed by atoms with Gasteiger partial charge in [-0.15, -0.1) is 10.2 Å². The van der Waals surface area contributed by atoms with Crippen LogP contribution in [0.4, 0.5) is 5.13 Å². The van der Waals surface area contributed by atoms with E-state index in [-0.39, 0.29) is 12.0 Å². The number of benzene rings is 1. The van der Waals surface area contributed by atoms with E-state index in [0.717, 1.165) is 11.5 Å². The molecule has 1 aromatic carbocycles. The fraction of sp³-hybridized carbons (Fsp3) is 0.308. The summed E-state index contributed by atoms with van der Waals surface area (Å²) in [5, 5.41) is 10.6. The van der Waals surface area contributed by atoms with Crippen LogP contribution in [0, 0.1) is 0 Å². The number of ether oxygens (including phenoxy) is 2. The zero-order valence-corrected chi connectivity index (χ0v) is 11.4. The molecular formula is C13H13N3O3S. The predicted molar refractivity (Wildman–Crippen MR) is 74.1 cm³/mol. The van der Waals surface area contributed by atoms with Crippen molar-refractivity contribution in [2.75, 3.05) is 11.9 Å². The van der Waals surface area contributed by atoms with Crippen molar-refractivity contribution in [1.29, 1.82) is 0 Å². The second-order valence-electron chi connectivity index (χ2n) is 4.33. The summed E-state index contributed by atoms with van der Waals surface area (Å²) in [4.78, 5) is 11.7. The Morgan fingerprint density at radius 1 is 1.40 bits per heavy atom. The van der Waals surface area contributed by atoms with E-state index in [0.29, 0.717) is 24.6 Å². The minimum absolute atomic E-state index is 0.0933. The number of nitrogens with one attached hydrogen (secondary N) is 1. The van der Waals surface area contributed by atoms with E-state index in [9.17, 15) is 4.79 Å². The van der Waals surface area contributed by atoms with Crippen LogP contribution in [-0.2, 0) is 4.79 Å². The number of nitrogens with zero attached hydrogens (tertiary/aromatic N) is 2. The van der Waals surface area contributed by atoms with Gasteiger partial charge >= 0.3 is 0 Å². The molecule has 1 atom stereocenters. The summed E-state index contributed by atoms with van der Waals surface area (Å²) in [6.45, 7) is 0.461. The third-order valence-electron chi connectivity index (χ3n) is 2.87. The number of amides is 1. The molecule has 0 radical (unpaired) electrons. The first kappa shape index (κ1) is 12.9. The van der Waals surface area contributed by atoms with Crippen LogP contribution in [0.5, 0.6) is 11.5 Å². The molecule has 0 spiro atoms. The molecule has 1 aromatic heterocycles. The molecule has 0 unspecified atom stereocenters. The highest BCUT2D eigenvalue weighted by Gasteiger charge is 2.21. The number of carbonyl (C=O) groups is 1. The van der Waals surface area contributed by atoms with Crippen LogP contribution in [0.2, 0.25) is 0 Å². The molecule has 0 bridgehead atoms. The van der Waals surface area contributed by atoms with E-state index in [4.69, 9.17) is 9.47 Å². The van der Waals surface area contributed by atoms with E-state index in [1.807, 2.05) is 24.3 Å². The fourth-order valence-corrected chi connectivity index (χ4v) is 2.37. The normalized spacial score (nSPS) is 16.7. The Morgan fingerprint density at radius 3 is 3.05 bits per heavy atom. The van der Waals surface area contributed by atoms with Crippen molar-refractivity contribution < 1.29 is 14.3 Å². The average Bonchev–Trinajstić information content (AvgIpc) is 2.98. The molecule has 20 heavy (non-hydrogen) atoms. The molecule has 0 saturated heterocycles. The first-order valence-corrected chi connectivity index (χ1v) is 7.14. The number of hydrogen-bond acceptors (Lipinski definition) is 6. The number of fused-ring (bicyclic) bond motifs is 1. The predicted octanol–water partition coefficient (Wildman–Crippen LogP) is 2.10. The Balaban J connectivity index is 1.49. The van der Waals surface area contributed by atoms with Gasteiger partial charge in [0.25, 0.3) is 0 Å². The monoisotopic (exact) mass is 291 g/mol. The quantitative estimate of drug-likeness (QED) is 0.933. The molecule has 6 nitrogen and oxygen atoms in total. The molecule has 2 heterocycles. The molecule has 2 aromatic rings. The summed E-state index contributed by atoms with van der Waals surface area (Å²) >= 11 is 1.29. The van der Waals surface area contributed by atoms with Gasteiger partial charge in [-0.25, -0.2) is 0 Å². The van der Waals surface area contributed by atoms with Crippen molar-refractivity contribution in [3.63, 3.8) is 0 Å². The first-order valence-electron chi connectivity index (χ1n) is 6.26. The summed E-state index contributed by atoms with van der Waals surface area (Å²) < 4.78 is 11.4. The van der Waals surface area contributed by atoms with Crippen LogP contribution in [0.15, 0.2) is 29.8 Å². The van der Waals surface area contributed by atoms with Crippen molar-refractivity contribution in [3.05, 3.63) is 29.8 Å². The van der Waals surface area contributed by atoms with Crippen molar-refractivity contribution >= 4 is 22.4 Å². The molecule has 1 aliphatic heterocycles. The number of anilines is 1. The second-order valence-corrected chi connectivity index (χ2v) is 5.16. The van der Waals surface area contributed by atoms with E-state index < -0.39 is 0 Å². The standard InChI is InChI=1S/C13H13N3O3S/c17-12(15-13-16-14-8-20-13)6-5-9-7-18-10-3-1-2-4-11(10)19-9/h1-4,8-9H,5-7H2,(H,15,16,17)/t9-/m1/s1. The molecule has 1 N–H and O–H groups in total. The van der Waals surface area contributed by atoms with Crippen LogP contribution in [0.25, 0.3) is 0 Å². The average molecular weight is 291 g/mol. The largest absolute Gasteiger partial charge is 0.486 e. The summed E-state index contributed by atoms with van der Waals surface area (Å²) in [6, 6.07) is 7.53. The minimum atomic E-state index is -0.106. The lowest BCUT2D eigenvalue weighted by atomic mass is 10.1. The Labute approximate surface area is 119 Å². The van der Waals surface area contributed by atoms with Gasteiger partial charge in [-0.1, -0.05) is 23.5 Å². The van der Waals surface area contributed by atoms with Gasteiger partial charge in [0.05, 0.1) is 0 Å². The molecule has 3 rings (SSSR count). The zero-order chi connectivity index (χ0) is 13.8. The van der Waals surface area contributed by atoms with Crippen molar-refractivity contribution in [3.8, 4) is 11.5 Å². The number of carbonyl (C=O) groups excluding carboxylic acids is 1. The molecule has 1 aliphatic rings. The van der Waals surface area contributed by atoms with Crippen LogP contribution in [0.1, 0.15) is 12.8 Å². The molecule has 0 saturated carbocycles. The van der Waals surface area contributed by atoms with Crippen LogP contribution < -0.4 is 14.8 Å². The highest BCUT2D eigenvalue weighted by Crippen LogP contribution is 2.31. The molecule has 104 valence electrons. The van der Waals surface area contributed by atoms with Crippen molar-refractivity contribution in [1.82, 2.24) is 10.2 Å². The number of rotatable bonds is 4.